The van der Waals surface area contributed by atoms with Gasteiger partial charge in [-0.3, -0.25) is 0 Å². The molecule has 0 aromatic heterocycles. The molecule has 0 aromatic rings. The third kappa shape index (κ3) is 4.17. The highest BCUT2D eigenvalue weighted by Gasteiger charge is 2.44. The second kappa shape index (κ2) is 7.21. The van der Waals surface area contributed by atoms with Gasteiger partial charge in [-0.15, -0.1) is 0 Å². The van der Waals surface area contributed by atoms with Gasteiger partial charge in [-0.1, -0.05) is 19.3 Å². The van der Waals surface area contributed by atoms with Gasteiger partial charge in [0, 0.05) is 19.7 Å². The van der Waals surface area contributed by atoms with Crippen LogP contribution in [0.5, 0.6) is 0 Å². The minimum absolute atomic E-state index is 0.429. The monoisotopic (exact) mass is 283 g/mol. The summed E-state index contributed by atoms with van der Waals surface area (Å²) in [5.74, 6) is 2.90. The van der Waals surface area contributed by atoms with E-state index < -0.39 is 0 Å². The zero-order chi connectivity index (χ0) is 13.8. The minimum Gasteiger partial charge on any atom is -0.379 e. The zero-order valence-corrected chi connectivity index (χ0v) is 12.8. The van der Waals surface area contributed by atoms with Crippen LogP contribution >= 0.6 is 0 Å². The molecule has 0 spiro atoms. The summed E-state index contributed by atoms with van der Waals surface area (Å²) < 4.78 is 16.9. The Morgan fingerprint density at radius 1 is 1.00 bits per heavy atom. The first-order valence-corrected chi connectivity index (χ1v) is 8.28. The number of nitrogens with zero attached hydrogens (tertiary/aromatic N) is 1. The van der Waals surface area contributed by atoms with Crippen molar-refractivity contribution in [3.8, 4) is 0 Å². The highest BCUT2D eigenvalue weighted by atomic mass is 16.5. The quantitative estimate of drug-likeness (QED) is 0.572. The van der Waals surface area contributed by atoms with Crippen molar-refractivity contribution in [1.82, 2.24) is 4.90 Å². The molecule has 4 heteroatoms. The third-order valence-corrected chi connectivity index (χ3v) is 5.05. The molecule has 1 aliphatic heterocycles. The minimum atomic E-state index is 0.429. The van der Waals surface area contributed by atoms with E-state index in [0.717, 1.165) is 44.1 Å². The van der Waals surface area contributed by atoms with Gasteiger partial charge in [-0.2, -0.15) is 0 Å². The first-order valence-electron chi connectivity index (χ1n) is 8.28. The van der Waals surface area contributed by atoms with Crippen LogP contribution in [0.4, 0.5) is 0 Å². The predicted molar refractivity (Wildman–Crippen MR) is 77.8 cm³/mol. The number of ether oxygens (including phenoxy) is 3. The molecule has 4 nitrogen and oxygen atoms in total. The Morgan fingerprint density at radius 3 is 2.45 bits per heavy atom. The van der Waals surface area contributed by atoms with E-state index >= 15 is 0 Å². The highest BCUT2D eigenvalue weighted by Crippen LogP contribution is 2.51. The van der Waals surface area contributed by atoms with Crippen molar-refractivity contribution in [3.63, 3.8) is 0 Å². The van der Waals surface area contributed by atoms with Gasteiger partial charge in [-0.05, 0) is 31.2 Å². The van der Waals surface area contributed by atoms with E-state index in [0.29, 0.717) is 25.9 Å². The summed E-state index contributed by atoms with van der Waals surface area (Å²) in [6.45, 7) is 5.92. The van der Waals surface area contributed by atoms with E-state index in [9.17, 15) is 0 Å². The Labute approximate surface area is 122 Å². The second-order valence-electron chi connectivity index (χ2n) is 6.75. The van der Waals surface area contributed by atoms with Crippen LogP contribution in [0.1, 0.15) is 25.7 Å². The second-order valence-corrected chi connectivity index (χ2v) is 6.75. The predicted octanol–water partition coefficient (Wildman–Crippen LogP) is 1.79. The van der Waals surface area contributed by atoms with Crippen LogP contribution in [-0.4, -0.2) is 64.2 Å². The lowest BCUT2D eigenvalue weighted by Crippen LogP contribution is -2.49. The van der Waals surface area contributed by atoms with Gasteiger partial charge in [0.2, 0.25) is 0 Å². The van der Waals surface area contributed by atoms with Gasteiger partial charge in [0.15, 0.2) is 0 Å². The van der Waals surface area contributed by atoms with Crippen LogP contribution in [0.25, 0.3) is 0 Å². The van der Waals surface area contributed by atoms with Gasteiger partial charge in [0.05, 0.1) is 32.5 Å². The van der Waals surface area contributed by atoms with Crippen molar-refractivity contribution in [2.24, 2.45) is 17.8 Å². The molecule has 20 heavy (non-hydrogen) atoms. The molecular formula is C16H29NO3. The topological polar surface area (TPSA) is 30.9 Å². The van der Waals surface area contributed by atoms with E-state index in [1.54, 1.807) is 0 Å². The Morgan fingerprint density at radius 2 is 1.75 bits per heavy atom. The van der Waals surface area contributed by atoms with E-state index in [4.69, 9.17) is 14.2 Å². The van der Waals surface area contributed by atoms with E-state index in [-0.39, 0.29) is 0 Å². The molecule has 1 saturated heterocycles. The molecule has 2 atom stereocenters. The summed E-state index contributed by atoms with van der Waals surface area (Å²) in [5, 5.41) is 0. The average Bonchev–Trinajstić information content (AvgIpc) is 3.07. The smallest absolute Gasteiger partial charge is 0.0829 e. The first kappa shape index (κ1) is 14.8. The molecule has 3 aliphatic rings. The van der Waals surface area contributed by atoms with Crippen LogP contribution in [-0.2, 0) is 14.2 Å². The van der Waals surface area contributed by atoms with Crippen LogP contribution in [0.3, 0.4) is 0 Å². The largest absolute Gasteiger partial charge is 0.379 e. The SMILES string of the molecule is CN1CC(OCCOCCOCC2CC2C2CCC2)C1. The van der Waals surface area contributed by atoms with Gasteiger partial charge >= 0.3 is 0 Å². The van der Waals surface area contributed by atoms with Crippen molar-refractivity contribution >= 4 is 0 Å². The number of likely N-dealkylation sites (tertiary alicyclic amines) is 1. The summed E-state index contributed by atoms with van der Waals surface area (Å²) in [6.07, 6.45) is 6.25. The fourth-order valence-corrected chi connectivity index (χ4v) is 3.38. The van der Waals surface area contributed by atoms with Crippen molar-refractivity contribution < 1.29 is 14.2 Å². The Hall–Kier alpha value is -0.160. The molecular weight excluding hydrogens is 254 g/mol. The van der Waals surface area contributed by atoms with E-state index in [2.05, 4.69) is 11.9 Å². The van der Waals surface area contributed by atoms with Gasteiger partial charge in [0.25, 0.3) is 0 Å². The van der Waals surface area contributed by atoms with Crippen molar-refractivity contribution in [3.05, 3.63) is 0 Å². The van der Waals surface area contributed by atoms with Gasteiger partial charge in [-0.25, -0.2) is 0 Å². The molecule has 3 fully saturated rings. The van der Waals surface area contributed by atoms with Crippen LogP contribution in [0.2, 0.25) is 0 Å². The lowest BCUT2D eigenvalue weighted by molar-refractivity contribution is -0.0659. The number of hydrogen-bond acceptors (Lipinski definition) is 4. The maximum Gasteiger partial charge on any atom is 0.0829 e. The number of hydrogen-bond donors (Lipinski definition) is 0. The lowest BCUT2D eigenvalue weighted by Gasteiger charge is -2.35. The highest BCUT2D eigenvalue weighted by molar-refractivity contribution is 4.94. The molecule has 2 unspecified atom stereocenters. The molecule has 0 amide bonds. The fraction of sp³-hybridized carbons (Fsp3) is 1.00. The standard InChI is InChI=1S/C16H29NO3/c1-17-10-15(11-17)20-8-7-18-5-6-19-12-14-9-16(14)13-3-2-4-13/h13-16H,2-12H2,1H3. The molecule has 2 saturated carbocycles. The molecule has 3 rings (SSSR count). The van der Waals surface area contributed by atoms with Crippen molar-refractivity contribution in [1.29, 1.82) is 0 Å². The van der Waals surface area contributed by atoms with E-state index in [1.807, 2.05) is 0 Å². The van der Waals surface area contributed by atoms with E-state index in [1.165, 1.54) is 25.7 Å². The number of rotatable bonds is 10. The van der Waals surface area contributed by atoms with Crippen LogP contribution in [0, 0.1) is 17.8 Å². The Kier molecular flexibility index (Phi) is 5.32. The average molecular weight is 283 g/mol. The molecule has 0 N–H and O–H groups in total. The van der Waals surface area contributed by atoms with Crippen molar-refractivity contribution in [2.45, 2.75) is 31.8 Å². The molecule has 1 heterocycles. The fourth-order valence-electron chi connectivity index (χ4n) is 3.38. The molecule has 2 aliphatic carbocycles. The third-order valence-electron chi connectivity index (χ3n) is 5.05. The number of likely N-dealkylation sites (N-methyl/N-ethyl adjacent to an activating group) is 1. The Balaban J connectivity index is 1.07. The van der Waals surface area contributed by atoms with Crippen LogP contribution < -0.4 is 0 Å². The van der Waals surface area contributed by atoms with Crippen molar-refractivity contribution in [2.75, 3.05) is 53.2 Å². The summed E-state index contributed by atoms with van der Waals surface area (Å²) in [7, 11) is 2.11. The summed E-state index contributed by atoms with van der Waals surface area (Å²) in [6, 6.07) is 0. The summed E-state index contributed by atoms with van der Waals surface area (Å²) in [5.41, 5.74) is 0. The first-order chi connectivity index (χ1) is 9.83. The molecule has 0 radical (unpaired) electrons. The molecule has 0 bridgehead atoms. The lowest BCUT2D eigenvalue weighted by atomic mass is 9.81. The van der Waals surface area contributed by atoms with Crippen LogP contribution in [0.15, 0.2) is 0 Å². The molecule has 116 valence electrons. The van der Waals surface area contributed by atoms with Gasteiger partial charge in [0.1, 0.15) is 0 Å². The summed E-state index contributed by atoms with van der Waals surface area (Å²) >= 11 is 0. The maximum atomic E-state index is 5.71. The summed E-state index contributed by atoms with van der Waals surface area (Å²) in [4.78, 5) is 2.26. The normalized spacial score (nSPS) is 31.1. The Bertz CT molecular complexity index is 289. The van der Waals surface area contributed by atoms with Gasteiger partial charge < -0.3 is 19.1 Å². The maximum absolute atomic E-state index is 5.71. The zero-order valence-electron chi connectivity index (χ0n) is 12.8. The molecule has 0 aromatic carbocycles.